The number of cyclic esters (lactones) is 1. The number of carbonyl (C=O) groups excluding carboxylic acids is 3. The first-order chi connectivity index (χ1) is 19.5. The van der Waals surface area contributed by atoms with E-state index in [-0.39, 0.29) is 24.0 Å². The lowest BCUT2D eigenvalue weighted by atomic mass is 9.95. The third kappa shape index (κ3) is 9.75. The molecule has 1 aliphatic heterocycles. The van der Waals surface area contributed by atoms with Crippen molar-refractivity contribution in [3.63, 3.8) is 0 Å². The van der Waals surface area contributed by atoms with Gasteiger partial charge in [-0.05, 0) is 54.0 Å². The average Bonchev–Trinajstić information content (AvgIpc) is 3.32. The molecule has 2 atom stereocenters. The van der Waals surface area contributed by atoms with E-state index < -0.39 is 18.0 Å². The highest BCUT2D eigenvalue weighted by Gasteiger charge is 2.39. The molecule has 0 N–H and O–H groups in total. The Bertz CT molecular complexity index is 1320. The summed E-state index contributed by atoms with van der Waals surface area (Å²) in [6, 6.07) is 24.9. The summed E-state index contributed by atoms with van der Waals surface area (Å²) in [5, 5.41) is 0. The maximum atomic E-state index is 12.9. The van der Waals surface area contributed by atoms with Gasteiger partial charge in [-0.1, -0.05) is 112 Å². The second kappa shape index (κ2) is 14.4. The van der Waals surface area contributed by atoms with Crippen LogP contribution in [-0.4, -0.2) is 42.6 Å². The fourth-order valence-corrected chi connectivity index (χ4v) is 4.36. The Kier molecular flexibility index (Phi) is 11.0. The van der Waals surface area contributed by atoms with E-state index in [4.69, 9.17) is 4.74 Å². The van der Waals surface area contributed by atoms with E-state index in [1.807, 2.05) is 30.3 Å². The quantitative estimate of drug-likeness (QED) is 0.286. The van der Waals surface area contributed by atoms with Gasteiger partial charge in [0.2, 0.25) is 5.91 Å². The summed E-state index contributed by atoms with van der Waals surface area (Å²) >= 11 is 0. The normalized spacial score (nSPS) is 15.6. The van der Waals surface area contributed by atoms with Crippen LogP contribution in [0.5, 0.6) is 0 Å². The number of esters is 1. The molecule has 4 rings (SSSR count). The van der Waals surface area contributed by atoms with Crippen molar-refractivity contribution in [2.45, 2.75) is 53.5 Å². The van der Waals surface area contributed by atoms with E-state index in [0.717, 1.165) is 11.1 Å². The number of rotatable bonds is 7. The lowest BCUT2D eigenvalue weighted by Crippen LogP contribution is -2.43. The molecule has 1 unspecified atom stereocenters. The minimum atomic E-state index is -0.584. The molecule has 0 spiro atoms. The van der Waals surface area contributed by atoms with Crippen LogP contribution in [0.3, 0.4) is 0 Å². The van der Waals surface area contributed by atoms with Crippen molar-refractivity contribution in [1.82, 2.24) is 4.90 Å². The summed E-state index contributed by atoms with van der Waals surface area (Å²) in [5.41, 5.74) is 5.27. The van der Waals surface area contributed by atoms with Crippen LogP contribution in [0.1, 0.15) is 60.3 Å². The molecule has 216 valence electrons. The number of nitrogens with zero attached hydrogens (tertiary/aromatic N) is 1. The summed E-state index contributed by atoms with van der Waals surface area (Å²) in [5.74, 6) is -1.05. The van der Waals surface area contributed by atoms with Gasteiger partial charge in [-0.15, -0.1) is 0 Å². The van der Waals surface area contributed by atoms with Gasteiger partial charge in [0.15, 0.2) is 0 Å². The second-order valence-electron chi connectivity index (χ2n) is 11.5. The number of hydrogen-bond acceptors (Lipinski definition) is 5. The molecule has 0 saturated carbocycles. The molecular weight excluding hydrogens is 514 g/mol. The van der Waals surface area contributed by atoms with Crippen molar-refractivity contribution < 1.29 is 23.9 Å². The predicted molar refractivity (Wildman–Crippen MR) is 162 cm³/mol. The number of hydrogen-bond donors (Lipinski definition) is 0. The SMILES string of the molecule is COC(=O)c1ccc(C[C@H](C)C(=O)N2C(=O)OCC2Cc2ccccc2)cc1.Cc1ccc(/C=C/C(C)(C)C)cc1. The molecule has 0 radical (unpaired) electrons. The molecular formula is C35H41NO5. The van der Waals surface area contributed by atoms with Crippen molar-refractivity contribution in [2.75, 3.05) is 13.7 Å². The largest absolute Gasteiger partial charge is 0.465 e. The van der Waals surface area contributed by atoms with Gasteiger partial charge in [0.1, 0.15) is 6.61 Å². The standard InChI is InChI=1S/C22H23NO5.C13H18/c1-15(12-17-8-10-18(11-9-17)21(25)27-2)20(24)23-19(14-28-22(23)26)13-16-6-4-3-5-7-16;1-11-5-7-12(8-6-11)9-10-13(2,3)4/h3-11,15,19H,12-14H2,1-2H3;5-10H,1-4H3/b;10-9+/t15-,19?;/m0./s1. The maximum absolute atomic E-state index is 12.9. The Morgan fingerprint density at radius 2 is 1.61 bits per heavy atom. The van der Waals surface area contributed by atoms with Crippen LogP contribution in [-0.2, 0) is 27.1 Å². The van der Waals surface area contributed by atoms with Crippen LogP contribution in [0.2, 0.25) is 0 Å². The van der Waals surface area contributed by atoms with E-state index in [9.17, 15) is 14.4 Å². The first-order valence-corrected chi connectivity index (χ1v) is 13.9. The summed E-state index contributed by atoms with van der Waals surface area (Å²) in [4.78, 5) is 37.9. The van der Waals surface area contributed by atoms with Gasteiger partial charge in [0.25, 0.3) is 0 Å². The van der Waals surface area contributed by atoms with E-state index in [1.54, 1.807) is 31.2 Å². The molecule has 2 amide bonds. The van der Waals surface area contributed by atoms with Gasteiger partial charge < -0.3 is 9.47 Å². The van der Waals surface area contributed by atoms with Crippen molar-refractivity contribution >= 4 is 24.0 Å². The van der Waals surface area contributed by atoms with E-state index >= 15 is 0 Å². The van der Waals surface area contributed by atoms with E-state index in [1.165, 1.54) is 23.1 Å². The van der Waals surface area contributed by atoms with E-state index in [2.05, 4.69) is 68.8 Å². The fourth-order valence-electron chi connectivity index (χ4n) is 4.36. The third-order valence-corrected chi connectivity index (χ3v) is 6.70. The number of amides is 2. The van der Waals surface area contributed by atoms with E-state index in [0.29, 0.717) is 18.4 Å². The number of imide groups is 1. The van der Waals surface area contributed by atoms with Gasteiger partial charge in [0.05, 0.1) is 18.7 Å². The topological polar surface area (TPSA) is 72.9 Å². The van der Waals surface area contributed by atoms with Crippen LogP contribution in [0.15, 0.2) is 84.9 Å². The molecule has 0 aromatic heterocycles. The average molecular weight is 556 g/mol. The number of benzene rings is 3. The monoisotopic (exact) mass is 555 g/mol. The number of methoxy groups -OCH3 is 1. The Hall–Kier alpha value is -4.19. The molecule has 3 aromatic carbocycles. The first-order valence-electron chi connectivity index (χ1n) is 13.9. The molecule has 41 heavy (non-hydrogen) atoms. The minimum absolute atomic E-state index is 0.208. The zero-order valence-corrected chi connectivity index (χ0v) is 24.9. The number of ether oxygens (including phenoxy) is 2. The second-order valence-corrected chi connectivity index (χ2v) is 11.5. The predicted octanol–water partition coefficient (Wildman–Crippen LogP) is 7.30. The van der Waals surface area contributed by atoms with Crippen molar-refractivity contribution in [3.05, 3.63) is 113 Å². The molecule has 0 bridgehead atoms. The first kappa shape index (κ1) is 31.3. The molecule has 1 aliphatic rings. The van der Waals surface area contributed by atoms with Crippen LogP contribution >= 0.6 is 0 Å². The Morgan fingerprint density at radius 3 is 2.20 bits per heavy atom. The van der Waals surface area contributed by atoms with Gasteiger partial charge in [-0.3, -0.25) is 4.79 Å². The Labute approximate surface area is 244 Å². The Morgan fingerprint density at radius 1 is 0.976 bits per heavy atom. The van der Waals surface area contributed by atoms with Crippen molar-refractivity contribution in [2.24, 2.45) is 11.3 Å². The summed E-state index contributed by atoms with van der Waals surface area (Å²) in [7, 11) is 1.33. The van der Waals surface area contributed by atoms with Crippen LogP contribution < -0.4 is 0 Å². The molecule has 1 saturated heterocycles. The highest BCUT2D eigenvalue weighted by molar-refractivity contribution is 5.95. The minimum Gasteiger partial charge on any atom is -0.465 e. The third-order valence-electron chi connectivity index (χ3n) is 6.70. The molecule has 3 aromatic rings. The number of carbonyl (C=O) groups is 3. The fraction of sp³-hybridized carbons (Fsp3) is 0.343. The van der Waals surface area contributed by atoms with Crippen LogP contribution in [0.25, 0.3) is 6.08 Å². The highest BCUT2D eigenvalue weighted by atomic mass is 16.6. The van der Waals surface area contributed by atoms with Crippen LogP contribution in [0, 0.1) is 18.3 Å². The highest BCUT2D eigenvalue weighted by Crippen LogP contribution is 2.22. The molecule has 0 aliphatic carbocycles. The summed E-state index contributed by atoms with van der Waals surface area (Å²) in [6.45, 7) is 10.7. The molecule has 6 nitrogen and oxygen atoms in total. The van der Waals surface area contributed by atoms with Crippen molar-refractivity contribution in [1.29, 1.82) is 0 Å². The zero-order valence-electron chi connectivity index (χ0n) is 24.9. The summed E-state index contributed by atoms with van der Waals surface area (Å²) < 4.78 is 9.83. The lowest BCUT2D eigenvalue weighted by molar-refractivity contribution is -0.132. The molecule has 6 heteroatoms. The van der Waals surface area contributed by atoms with Gasteiger partial charge in [-0.2, -0.15) is 0 Å². The number of aryl methyl sites for hydroxylation is 1. The molecule has 1 fully saturated rings. The van der Waals surface area contributed by atoms with Gasteiger partial charge in [-0.25, -0.2) is 14.5 Å². The van der Waals surface area contributed by atoms with Gasteiger partial charge >= 0.3 is 12.1 Å². The molecule has 1 heterocycles. The maximum Gasteiger partial charge on any atom is 0.416 e. The lowest BCUT2D eigenvalue weighted by Gasteiger charge is -2.23. The van der Waals surface area contributed by atoms with Gasteiger partial charge in [0, 0.05) is 5.92 Å². The smallest absolute Gasteiger partial charge is 0.416 e. The zero-order chi connectivity index (χ0) is 30.0. The summed E-state index contributed by atoms with van der Waals surface area (Å²) in [6.07, 6.45) is 4.86. The van der Waals surface area contributed by atoms with Crippen molar-refractivity contribution in [3.8, 4) is 0 Å². The number of allylic oxidation sites excluding steroid dienone is 1. The van der Waals surface area contributed by atoms with Crippen LogP contribution in [0.4, 0.5) is 4.79 Å². The Balaban J connectivity index is 0.000000298.